The van der Waals surface area contributed by atoms with Crippen LogP contribution >= 0.6 is 0 Å². The van der Waals surface area contributed by atoms with Crippen LogP contribution in [0.3, 0.4) is 0 Å². The lowest BCUT2D eigenvalue weighted by atomic mass is 10.1. The van der Waals surface area contributed by atoms with Crippen molar-refractivity contribution in [3.05, 3.63) is 40.5 Å². The van der Waals surface area contributed by atoms with Crippen molar-refractivity contribution in [2.45, 2.75) is 27.7 Å². The van der Waals surface area contributed by atoms with Crippen LogP contribution in [0.25, 0.3) is 0 Å². The molecule has 0 aliphatic carbocycles. The maximum atomic E-state index is 12.3. The van der Waals surface area contributed by atoms with Gasteiger partial charge in [-0.2, -0.15) is 0 Å². The Morgan fingerprint density at radius 1 is 0.960 bits per heavy atom. The van der Waals surface area contributed by atoms with Gasteiger partial charge < -0.3 is 18.3 Å². The van der Waals surface area contributed by atoms with E-state index in [4.69, 9.17) is 18.3 Å². The van der Waals surface area contributed by atoms with Gasteiger partial charge in [0.05, 0.1) is 13.2 Å². The summed E-state index contributed by atoms with van der Waals surface area (Å²) < 4.78 is 20.5. The summed E-state index contributed by atoms with van der Waals surface area (Å²) in [5.74, 6) is -1.62. The number of aryl methyl sites for hydroxylation is 2. The molecule has 0 radical (unpaired) electrons. The van der Waals surface area contributed by atoms with E-state index in [1.165, 1.54) is 13.0 Å². The molecule has 0 fully saturated rings. The van der Waals surface area contributed by atoms with Gasteiger partial charge in [0.15, 0.2) is 5.76 Å². The molecule has 0 atom stereocenters. The number of nitrogens with one attached hydrogen (secondary N) is 1. The molecule has 2 aromatic heterocycles. The zero-order valence-corrected chi connectivity index (χ0v) is 14.4. The van der Waals surface area contributed by atoms with Gasteiger partial charge in [-0.1, -0.05) is 0 Å². The van der Waals surface area contributed by atoms with Gasteiger partial charge in [0.1, 0.15) is 22.6 Å². The number of anilines is 1. The first kappa shape index (κ1) is 18.3. The molecule has 8 heteroatoms. The third-order valence-electron chi connectivity index (χ3n) is 3.23. The van der Waals surface area contributed by atoms with E-state index in [1.807, 2.05) is 0 Å². The molecule has 0 bridgehead atoms. The minimum Gasteiger partial charge on any atom is -0.462 e. The number of esters is 2. The third kappa shape index (κ3) is 3.90. The van der Waals surface area contributed by atoms with Crippen molar-refractivity contribution in [3.63, 3.8) is 0 Å². The lowest BCUT2D eigenvalue weighted by molar-refractivity contribution is 0.0480. The van der Waals surface area contributed by atoms with Crippen LogP contribution in [0.2, 0.25) is 0 Å². The summed E-state index contributed by atoms with van der Waals surface area (Å²) in [6, 6.07) is 3.11. The van der Waals surface area contributed by atoms with Crippen molar-refractivity contribution in [2.24, 2.45) is 0 Å². The molecule has 1 N–H and O–H groups in total. The molecule has 2 heterocycles. The van der Waals surface area contributed by atoms with Crippen LogP contribution in [0.15, 0.2) is 21.0 Å². The summed E-state index contributed by atoms with van der Waals surface area (Å²) in [6.45, 7) is 6.66. The quantitative estimate of drug-likeness (QED) is 0.798. The fraction of sp³-hybridized carbons (Fsp3) is 0.353. The highest BCUT2D eigenvalue weighted by molar-refractivity contribution is 6.11. The van der Waals surface area contributed by atoms with Gasteiger partial charge in [0, 0.05) is 0 Å². The van der Waals surface area contributed by atoms with E-state index in [9.17, 15) is 14.4 Å². The van der Waals surface area contributed by atoms with Gasteiger partial charge in [-0.05, 0) is 39.8 Å². The van der Waals surface area contributed by atoms with Gasteiger partial charge in [0.25, 0.3) is 5.91 Å². The molecule has 8 nitrogen and oxygen atoms in total. The number of ether oxygens (including phenoxy) is 2. The summed E-state index contributed by atoms with van der Waals surface area (Å²) >= 11 is 0. The first-order valence-corrected chi connectivity index (χ1v) is 7.74. The van der Waals surface area contributed by atoms with Crippen LogP contribution in [0.1, 0.15) is 56.6 Å². The first-order chi connectivity index (χ1) is 11.9. The highest BCUT2D eigenvalue weighted by Gasteiger charge is 2.31. The molecule has 0 saturated carbocycles. The van der Waals surface area contributed by atoms with Crippen molar-refractivity contribution in [1.82, 2.24) is 0 Å². The smallest absolute Gasteiger partial charge is 0.344 e. The van der Waals surface area contributed by atoms with Crippen LogP contribution in [0, 0.1) is 13.8 Å². The van der Waals surface area contributed by atoms with E-state index in [-0.39, 0.29) is 41.7 Å². The number of hydrogen-bond acceptors (Lipinski definition) is 7. The van der Waals surface area contributed by atoms with Gasteiger partial charge in [0.2, 0.25) is 5.88 Å². The summed E-state index contributed by atoms with van der Waals surface area (Å²) in [7, 11) is 0. The molecular weight excluding hydrogens is 330 g/mol. The molecule has 2 aromatic rings. The Bertz CT molecular complexity index is 800. The van der Waals surface area contributed by atoms with Crippen LogP contribution in [-0.4, -0.2) is 31.1 Å². The van der Waals surface area contributed by atoms with E-state index in [1.54, 1.807) is 26.8 Å². The molecule has 1 amide bonds. The number of carbonyl (C=O) groups excluding carboxylic acids is 3. The lowest BCUT2D eigenvalue weighted by Crippen LogP contribution is -2.17. The van der Waals surface area contributed by atoms with Gasteiger partial charge in [-0.15, -0.1) is 0 Å². The predicted octanol–water partition coefficient (Wildman–Crippen LogP) is 3.10. The SMILES string of the molecule is CCOC(=O)c1c(C)oc(NC(=O)c2ccc(C)o2)c1C(=O)OCC. The topological polar surface area (TPSA) is 108 Å². The maximum absolute atomic E-state index is 12.3. The maximum Gasteiger partial charge on any atom is 0.344 e. The van der Waals surface area contributed by atoms with Crippen LogP contribution in [-0.2, 0) is 9.47 Å². The summed E-state index contributed by atoms with van der Waals surface area (Å²) in [6.07, 6.45) is 0. The zero-order valence-electron chi connectivity index (χ0n) is 14.4. The molecule has 0 spiro atoms. The van der Waals surface area contributed by atoms with Gasteiger partial charge in [-0.3, -0.25) is 10.1 Å². The Kier molecular flexibility index (Phi) is 5.63. The van der Waals surface area contributed by atoms with Crippen molar-refractivity contribution in [2.75, 3.05) is 18.5 Å². The standard InChI is InChI=1S/C17H19NO7/c1-5-22-16(20)12-10(4)25-15(13(12)17(21)23-6-2)18-14(19)11-8-7-9(3)24-11/h7-8H,5-6H2,1-4H3,(H,18,19). The monoisotopic (exact) mass is 349 g/mol. The van der Waals surface area contributed by atoms with E-state index < -0.39 is 17.8 Å². The Hall–Kier alpha value is -3.03. The minimum atomic E-state index is -0.798. The molecule has 2 rings (SSSR count). The molecule has 0 saturated heterocycles. The van der Waals surface area contributed by atoms with Gasteiger partial charge in [-0.25, -0.2) is 9.59 Å². The first-order valence-electron chi connectivity index (χ1n) is 7.74. The molecule has 134 valence electrons. The molecule has 25 heavy (non-hydrogen) atoms. The number of amides is 1. The van der Waals surface area contributed by atoms with E-state index in [0.717, 1.165) is 0 Å². The highest BCUT2D eigenvalue weighted by atomic mass is 16.5. The molecule has 0 unspecified atom stereocenters. The van der Waals surface area contributed by atoms with Crippen molar-refractivity contribution in [1.29, 1.82) is 0 Å². The minimum absolute atomic E-state index is 0.0408. The van der Waals surface area contributed by atoms with Crippen LogP contribution in [0.4, 0.5) is 5.88 Å². The zero-order chi connectivity index (χ0) is 18.6. The number of carbonyl (C=O) groups is 3. The highest BCUT2D eigenvalue weighted by Crippen LogP contribution is 2.29. The number of hydrogen-bond donors (Lipinski definition) is 1. The van der Waals surface area contributed by atoms with Crippen LogP contribution < -0.4 is 5.32 Å². The van der Waals surface area contributed by atoms with Crippen LogP contribution in [0.5, 0.6) is 0 Å². The van der Waals surface area contributed by atoms with E-state index >= 15 is 0 Å². The second kappa shape index (κ2) is 7.69. The normalized spacial score (nSPS) is 10.4. The third-order valence-corrected chi connectivity index (χ3v) is 3.23. The fourth-order valence-corrected chi connectivity index (χ4v) is 2.20. The van der Waals surface area contributed by atoms with Crippen molar-refractivity contribution in [3.8, 4) is 0 Å². The number of rotatable bonds is 6. The predicted molar refractivity (Wildman–Crippen MR) is 86.8 cm³/mol. The second-order valence-corrected chi connectivity index (χ2v) is 5.04. The Morgan fingerprint density at radius 3 is 2.08 bits per heavy atom. The van der Waals surface area contributed by atoms with Crippen molar-refractivity contribution < 1.29 is 32.7 Å². The van der Waals surface area contributed by atoms with Crippen molar-refractivity contribution >= 4 is 23.7 Å². The summed E-state index contributed by atoms with van der Waals surface area (Å²) in [4.78, 5) is 36.7. The number of furan rings is 2. The molecule has 0 aromatic carbocycles. The molecule has 0 aliphatic rings. The largest absolute Gasteiger partial charge is 0.462 e. The summed E-state index contributed by atoms with van der Waals surface area (Å²) in [5.41, 5.74) is -0.263. The molecule has 0 aliphatic heterocycles. The Balaban J connectivity index is 2.42. The lowest BCUT2D eigenvalue weighted by Gasteiger charge is -2.06. The average Bonchev–Trinajstić information content (AvgIpc) is 3.11. The Morgan fingerprint density at radius 2 is 1.56 bits per heavy atom. The second-order valence-electron chi connectivity index (χ2n) is 5.04. The summed E-state index contributed by atoms with van der Waals surface area (Å²) in [5, 5.41) is 2.43. The van der Waals surface area contributed by atoms with Gasteiger partial charge >= 0.3 is 11.9 Å². The molecular formula is C17H19NO7. The Labute approximate surface area is 144 Å². The average molecular weight is 349 g/mol. The van der Waals surface area contributed by atoms with E-state index in [2.05, 4.69) is 5.32 Å². The van der Waals surface area contributed by atoms with E-state index in [0.29, 0.717) is 5.76 Å². The fourth-order valence-electron chi connectivity index (χ4n) is 2.20.